The molecule has 125 heavy (non-hydrogen) atoms. The van der Waals surface area contributed by atoms with Crippen LogP contribution >= 0.6 is 0 Å². The average molecular weight is 1830 g/mol. The second-order valence-corrected chi connectivity index (χ2v) is 36.4. The molecule has 5 aliphatic heterocycles. The Labute approximate surface area is 712 Å². The maximum atomic E-state index is 13.7. The van der Waals surface area contributed by atoms with Crippen LogP contribution in [0.15, 0.2) is 188 Å². The maximum absolute atomic E-state index is 13.7. The fraction of sp³-hybridized carbons (Fsp3) is 0.207. The predicted molar refractivity (Wildman–Crippen MR) is 443 cm³/mol. The van der Waals surface area contributed by atoms with Gasteiger partial charge in [0.05, 0.1) is 35.5 Å². The van der Waals surface area contributed by atoms with Crippen molar-refractivity contribution >= 4 is 109 Å². The first kappa shape index (κ1) is 92.3. The zero-order valence-electron chi connectivity index (χ0n) is 65.7. The summed E-state index contributed by atoms with van der Waals surface area (Å²) in [5.74, 6) is -14.7. The van der Waals surface area contributed by atoms with E-state index in [1.165, 1.54) is 77.9 Å². The van der Waals surface area contributed by atoms with Crippen LogP contribution in [0.25, 0.3) is 0 Å². The summed E-state index contributed by atoms with van der Waals surface area (Å²) in [5.41, 5.74) is 7.45. The third-order valence-electron chi connectivity index (χ3n) is 19.5. The van der Waals surface area contributed by atoms with Gasteiger partial charge in [-0.3, -0.25) is 24.0 Å². The van der Waals surface area contributed by atoms with Gasteiger partial charge < -0.3 is 30.3 Å². The van der Waals surface area contributed by atoms with Crippen LogP contribution in [-0.2, 0) is 139 Å². The summed E-state index contributed by atoms with van der Waals surface area (Å²) < 4.78 is 230. The number of carbonyl (C=O) groups excluding carboxylic acids is 5. The number of phenols is 5. The number of nitrogens with zero attached hydrogens (tertiary/aromatic N) is 5. The number of carbonyl (C=O) groups is 5. The van der Waals surface area contributed by atoms with Crippen molar-refractivity contribution in [3.05, 3.63) is 290 Å². The van der Waals surface area contributed by atoms with Gasteiger partial charge in [0, 0.05) is 5.56 Å². The highest BCUT2D eigenvalue weighted by molar-refractivity contribution is 7.93. The molecule has 5 heterocycles. The minimum absolute atomic E-state index is 0.0305. The molecule has 0 saturated carbocycles. The normalized spacial score (nSPS) is 16.0. The van der Waals surface area contributed by atoms with Gasteiger partial charge in [-0.25, -0.2) is 75.9 Å². The molecule has 0 bridgehead atoms. The highest BCUT2D eigenvalue weighted by Crippen LogP contribution is 2.38. The van der Waals surface area contributed by atoms with Crippen LogP contribution in [0, 0.1) is 47.6 Å². The number of phenolic OH excluding ortho intramolecular Hbond substituents is 5. The number of rotatable bonds is 21. The van der Waals surface area contributed by atoms with Gasteiger partial charge in [0.15, 0.2) is 23.3 Å². The molecule has 0 radical (unpaired) electrons. The number of anilines is 5. The van der Waals surface area contributed by atoms with Gasteiger partial charge in [-0.15, -0.1) is 0 Å². The fourth-order valence-electron chi connectivity index (χ4n) is 13.2. The Morgan fingerprint density at radius 1 is 0.304 bits per heavy atom. The molecule has 5 aliphatic rings. The second kappa shape index (κ2) is 38.6. The number of aryl methyl sites for hydroxylation is 10. The van der Waals surface area contributed by atoms with E-state index in [2.05, 4.69) is 24.3 Å². The first-order valence-electron chi connectivity index (χ1n) is 37.4. The van der Waals surface area contributed by atoms with E-state index in [1.54, 1.807) is 66.4 Å². The molecule has 0 atom stereocenters. The molecular weight excluding hydrogens is 1750 g/mol. The number of hydrogen-bond acceptors (Lipinski definition) is 21. The van der Waals surface area contributed by atoms with Crippen LogP contribution in [-0.4, -0.2) is 137 Å². The van der Waals surface area contributed by atoms with Crippen LogP contribution < -0.4 is 49.9 Å². The van der Waals surface area contributed by atoms with E-state index in [-0.39, 0.29) is 101 Å². The van der Waals surface area contributed by atoms with Crippen molar-refractivity contribution in [3.8, 4) is 34.5 Å². The van der Waals surface area contributed by atoms with Gasteiger partial charge in [-0.2, -0.15) is 42.1 Å². The number of amides is 5. The molecule has 5 saturated heterocycles. The van der Waals surface area contributed by atoms with Gasteiger partial charge in [-0.05, 0) is 212 Å². The Hall–Kier alpha value is -13.4. The van der Waals surface area contributed by atoms with Gasteiger partial charge in [0.1, 0.15) is 78.9 Å². The van der Waals surface area contributed by atoms with E-state index in [4.69, 9.17) is 4.74 Å². The molecule has 5 fully saturated rings. The van der Waals surface area contributed by atoms with Crippen molar-refractivity contribution in [1.29, 1.82) is 0 Å². The number of aromatic hydroxyl groups is 5. The number of ether oxygens (including phenoxy) is 1. The molecular formula is C82H77F7N10O21S5. The van der Waals surface area contributed by atoms with Crippen LogP contribution in [0.4, 0.5) is 59.2 Å². The van der Waals surface area contributed by atoms with Gasteiger partial charge in [0.2, 0.25) is 5.82 Å². The summed E-state index contributed by atoms with van der Waals surface area (Å²) in [6, 6.07) is 50.9. The summed E-state index contributed by atoms with van der Waals surface area (Å²) in [7, 11) is -18.3. The van der Waals surface area contributed by atoms with Crippen LogP contribution in [0.2, 0.25) is 0 Å². The minimum atomic E-state index is -4.15. The topological polar surface area (TPSA) is 443 Å². The molecule has 31 nitrogen and oxygen atoms in total. The summed E-state index contributed by atoms with van der Waals surface area (Å²) in [6.07, 6.45) is 4.26. The third kappa shape index (κ3) is 22.9. The quantitative estimate of drug-likeness (QED) is 0.0184. The van der Waals surface area contributed by atoms with Crippen molar-refractivity contribution in [1.82, 2.24) is 23.6 Å². The Kier molecular flexibility index (Phi) is 28.5. The van der Waals surface area contributed by atoms with E-state index in [9.17, 15) is 122 Å². The smallest absolute Gasteiger partial charge is 0.326 e. The molecule has 10 N–H and O–H groups in total. The highest BCUT2D eigenvalue weighted by Gasteiger charge is 2.40. The van der Waals surface area contributed by atoms with Gasteiger partial charge >= 0.3 is 51.0 Å². The van der Waals surface area contributed by atoms with Gasteiger partial charge in [0.25, 0.3) is 29.5 Å². The first-order chi connectivity index (χ1) is 59.0. The molecule has 0 unspecified atom stereocenters. The minimum Gasteiger partial charge on any atom is -0.506 e. The molecule has 0 spiro atoms. The van der Waals surface area contributed by atoms with E-state index in [1.807, 2.05) is 56.1 Å². The number of hydrogen-bond donors (Lipinski definition) is 10. The van der Waals surface area contributed by atoms with Crippen LogP contribution in [0.3, 0.4) is 0 Å². The summed E-state index contributed by atoms with van der Waals surface area (Å²) in [6.45, 7) is 0.104. The Morgan fingerprint density at radius 2 is 0.576 bits per heavy atom. The molecule has 15 rings (SSSR count). The lowest BCUT2D eigenvalue weighted by Gasteiger charge is -2.16. The average Bonchev–Trinajstić information content (AvgIpc) is 1.73. The zero-order valence-corrected chi connectivity index (χ0v) is 69.8. The lowest BCUT2D eigenvalue weighted by molar-refractivity contribution is -0.118. The van der Waals surface area contributed by atoms with Crippen molar-refractivity contribution in [2.45, 2.75) is 71.1 Å². The molecule has 10 aromatic carbocycles. The van der Waals surface area contributed by atoms with E-state index >= 15 is 0 Å². The van der Waals surface area contributed by atoms with Crippen LogP contribution in [0.1, 0.15) is 61.2 Å². The molecule has 10 aromatic rings. The Morgan fingerprint density at radius 3 is 0.872 bits per heavy atom. The SMILES string of the molecule is COc1cccc(CCc2ccc(N3CC(=O)NS3(=O)=O)c(O)c2)c1.Cc1ccc(CCc2ccc(N3CC(=O)NS3(=O)=O)c(O)c2)cc1.O=C1CN(c2ccc(CCc3c(F)c(F)c(F)c(F)c3F)cc2O)S(=O)(=O)N1.O=C1CN(c2ccc(CCc3cccc(F)c3)cc2O)S(=O)(=O)N1.O=C1CN(c2ccc(CCc3ccccc3F)cc2O)S(=O)(=O)N1. The fourth-order valence-corrected chi connectivity index (χ4v) is 19.1. The molecule has 43 heteroatoms. The number of nitrogens with one attached hydrogen (secondary N) is 5. The molecule has 0 aliphatic carbocycles. The summed E-state index contributed by atoms with van der Waals surface area (Å²) in [5, 5.41) is 50.6. The Bertz CT molecular complexity index is 6440. The van der Waals surface area contributed by atoms with Crippen molar-refractivity contribution in [2.75, 3.05) is 61.4 Å². The standard InChI is InChI=1S/C17H18N2O5S.C17H18N2O4S.C16H11F5N2O4S.2C16H15FN2O4S/c1-24-14-4-2-3-12(9-14)5-6-13-7-8-15(16(20)10-13)19-11-17(21)18-25(19,22)23;1-12-2-4-13(5-3-12)6-7-14-8-9-15(16(20)10-14)19-11-17(21)18-24(19,22)23;17-12-8(13(18)15(20)16(21)14(12)19)3-1-7-2-4-9(10(24)5-7)23-6-11(25)22-28(23,26)27;17-13-3-1-2-11(8-13)4-5-12-6-7-14(15(20)9-12)19-10-16(21)18-24(19,22)23;17-13-4-2-1-3-12(13)7-5-11-6-8-14(15(20)9-11)19-10-16(21)18-24(19,22)23/h2-4,7-10,20H,5-6,11H2,1H3,(H,18,21);2-5,8-10,20H,6-7,11H2,1H3,(H,18,21);2,4-5,24H,1,3,6H2,(H,22,25);1-3,6-9,20H,4-5,10H2,(H,18,21);1-4,6,8-9,20H,5,7,10H2,(H,18,21). The van der Waals surface area contributed by atoms with Crippen molar-refractivity contribution in [3.63, 3.8) is 0 Å². The van der Waals surface area contributed by atoms with E-state index < -0.39 is 134 Å². The van der Waals surface area contributed by atoms with Crippen molar-refractivity contribution in [2.24, 2.45) is 0 Å². The summed E-state index contributed by atoms with van der Waals surface area (Å²) in [4.78, 5) is 56.4. The lowest BCUT2D eigenvalue weighted by atomic mass is 10.0. The van der Waals surface area contributed by atoms with E-state index in [0.717, 1.165) is 87.7 Å². The zero-order chi connectivity index (χ0) is 90.8. The third-order valence-corrected chi connectivity index (χ3v) is 26.5. The largest absolute Gasteiger partial charge is 0.506 e. The predicted octanol–water partition coefficient (Wildman–Crippen LogP) is 8.08. The number of benzene rings is 10. The maximum Gasteiger partial charge on any atom is 0.326 e. The Balaban J connectivity index is 0.000000152. The van der Waals surface area contributed by atoms with Gasteiger partial charge in [-0.1, -0.05) is 103 Å². The number of methoxy groups -OCH3 is 1. The molecule has 5 amide bonds. The van der Waals surface area contributed by atoms with Crippen molar-refractivity contribution < 1.29 is 127 Å². The van der Waals surface area contributed by atoms with E-state index in [0.29, 0.717) is 42.0 Å². The monoisotopic (exact) mass is 1830 g/mol. The van der Waals surface area contributed by atoms with Crippen LogP contribution in [0.5, 0.6) is 34.5 Å². The number of halogens is 7. The highest BCUT2D eigenvalue weighted by atomic mass is 32.2. The summed E-state index contributed by atoms with van der Waals surface area (Å²) >= 11 is 0. The molecule has 0 aromatic heterocycles. The first-order valence-corrected chi connectivity index (χ1v) is 44.6. The second-order valence-electron chi connectivity index (χ2n) is 28.4. The molecule has 660 valence electrons. The lowest BCUT2D eigenvalue weighted by Crippen LogP contribution is -2.29.